The van der Waals surface area contributed by atoms with Gasteiger partial charge in [-0.15, -0.1) is 0 Å². The van der Waals surface area contributed by atoms with Crippen molar-refractivity contribution in [3.05, 3.63) is 12.7 Å². The van der Waals surface area contributed by atoms with E-state index in [2.05, 4.69) is 6.58 Å². The number of ether oxygens (including phenoxy) is 2. The Morgan fingerprint density at radius 3 is 1.86 bits per heavy atom. The average Bonchev–Trinajstić information content (AvgIpc) is 2.73. The molecule has 2 fully saturated rings. The summed E-state index contributed by atoms with van der Waals surface area (Å²) in [7, 11) is 0. The Morgan fingerprint density at radius 1 is 1.21 bits per heavy atom. The van der Waals surface area contributed by atoms with E-state index in [-0.39, 0.29) is 25.4 Å². The molecule has 4 atom stereocenters. The van der Waals surface area contributed by atoms with E-state index in [1.165, 1.54) is 6.08 Å². The van der Waals surface area contributed by atoms with Crippen LogP contribution in [0.1, 0.15) is 0 Å². The summed E-state index contributed by atoms with van der Waals surface area (Å²) in [4.78, 5) is 0. The van der Waals surface area contributed by atoms with Gasteiger partial charge >= 0.3 is 0 Å². The highest BCUT2D eigenvalue weighted by Crippen LogP contribution is 2.26. The molecule has 5 nitrogen and oxygen atoms in total. The van der Waals surface area contributed by atoms with Gasteiger partial charge in [-0.3, -0.25) is 0 Å². The fraction of sp³-hybridized carbons (Fsp3) is 0.667. The summed E-state index contributed by atoms with van der Waals surface area (Å²) < 4.78 is 10.2. The number of hydrogen-bond donors (Lipinski definition) is 2. The number of rotatable bonds is 0. The first-order chi connectivity index (χ1) is 6.70. The molecule has 0 unspecified atom stereocenters. The lowest BCUT2D eigenvalue weighted by Crippen LogP contribution is -2.30. The van der Waals surface area contributed by atoms with Crippen LogP contribution >= 0.6 is 0 Å². The first-order valence-corrected chi connectivity index (χ1v) is 4.30. The Hall–Kier alpha value is -0.930. The van der Waals surface area contributed by atoms with Crippen molar-refractivity contribution in [2.75, 3.05) is 13.2 Å². The van der Waals surface area contributed by atoms with E-state index in [1.54, 1.807) is 6.07 Å². The Balaban J connectivity index is 0.000000213. The van der Waals surface area contributed by atoms with E-state index in [0.717, 1.165) is 0 Å². The maximum absolute atomic E-state index is 9.16. The molecular weight excluding hydrogens is 186 g/mol. The summed E-state index contributed by atoms with van der Waals surface area (Å²) in [6, 6.07) is 1.69. The number of nitriles is 1. The third-order valence-electron chi connectivity index (χ3n) is 2.09. The molecule has 5 heteroatoms. The summed E-state index contributed by atoms with van der Waals surface area (Å²) in [5.74, 6) is 0. The maximum Gasteiger partial charge on any atom is 0.114 e. The van der Waals surface area contributed by atoms with Crippen molar-refractivity contribution in [2.45, 2.75) is 24.4 Å². The Labute approximate surface area is 82.2 Å². The second-order valence-corrected chi connectivity index (χ2v) is 3.06. The lowest BCUT2D eigenvalue weighted by Gasteiger charge is -2.09. The van der Waals surface area contributed by atoms with Crippen LogP contribution in [0.2, 0.25) is 0 Å². The smallest absolute Gasteiger partial charge is 0.114 e. The molecule has 0 bridgehead atoms. The van der Waals surface area contributed by atoms with E-state index in [9.17, 15) is 0 Å². The Morgan fingerprint density at radius 2 is 1.57 bits per heavy atom. The molecular formula is C9H13NO4. The van der Waals surface area contributed by atoms with Crippen LogP contribution < -0.4 is 0 Å². The summed E-state index contributed by atoms with van der Waals surface area (Å²) >= 11 is 0. The number of allylic oxidation sites excluding steroid dienone is 1. The van der Waals surface area contributed by atoms with Gasteiger partial charge in [0.2, 0.25) is 0 Å². The molecule has 0 aromatic carbocycles. The first kappa shape index (κ1) is 11.1. The van der Waals surface area contributed by atoms with Crippen molar-refractivity contribution >= 4 is 0 Å². The summed E-state index contributed by atoms with van der Waals surface area (Å²) in [6.07, 6.45) is -0.519. The van der Waals surface area contributed by atoms with E-state index in [0.29, 0.717) is 0 Å². The highest BCUT2D eigenvalue weighted by molar-refractivity contribution is 4.94. The summed E-state index contributed by atoms with van der Waals surface area (Å²) in [5.41, 5.74) is 0. The standard InChI is InChI=1S/C6H10O4.C3H3N/c7-3-1-9-6-4(8)2-10-5(3)6;1-2-3-4/h3-8H,1-2H2;2H,1H2/t3-,4+,5-,6-;/m1./s1. The van der Waals surface area contributed by atoms with Gasteiger partial charge < -0.3 is 19.7 Å². The van der Waals surface area contributed by atoms with Gasteiger partial charge in [0.1, 0.15) is 24.4 Å². The van der Waals surface area contributed by atoms with Crippen LogP contribution in [0.15, 0.2) is 12.7 Å². The van der Waals surface area contributed by atoms with Gasteiger partial charge in [-0.25, -0.2) is 0 Å². The van der Waals surface area contributed by atoms with Crippen LogP contribution in [0.4, 0.5) is 0 Å². The molecule has 2 heterocycles. The number of fused-ring (bicyclic) bond motifs is 1. The predicted octanol–water partition coefficient (Wildman–Crippen LogP) is -0.798. The van der Waals surface area contributed by atoms with Crippen LogP contribution in [0, 0.1) is 11.3 Å². The molecule has 2 rings (SSSR count). The molecule has 2 N–H and O–H groups in total. The van der Waals surface area contributed by atoms with Gasteiger partial charge in [0.15, 0.2) is 0 Å². The molecule has 78 valence electrons. The zero-order chi connectivity index (χ0) is 10.6. The number of aliphatic hydroxyl groups excluding tert-OH is 2. The maximum atomic E-state index is 9.16. The molecule has 0 aromatic heterocycles. The third kappa shape index (κ3) is 2.30. The molecule has 0 saturated carbocycles. The molecule has 14 heavy (non-hydrogen) atoms. The van der Waals surface area contributed by atoms with Crippen molar-refractivity contribution in [1.82, 2.24) is 0 Å². The Bertz CT molecular complexity index is 221. The monoisotopic (exact) mass is 199 g/mol. The highest BCUT2D eigenvalue weighted by atomic mass is 16.6. The second-order valence-electron chi connectivity index (χ2n) is 3.06. The zero-order valence-corrected chi connectivity index (χ0v) is 7.67. The van der Waals surface area contributed by atoms with E-state index < -0.39 is 12.2 Å². The Kier molecular flexibility index (Phi) is 4.04. The number of hydrogen-bond acceptors (Lipinski definition) is 5. The van der Waals surface area contributed by atoms with Crippen molar-refractivity contribution in [1.29, 1.82) is 5.26 Å². The number of aliphatic hydroxyl groups is 2. The molecule has 0 spiro atoms. The van der Waals surface area contributed by atoms with Gasteiger partial charge in [-0.2, -0.15) is 5.26 Å². The van der Waals surface area contributed by atoms with Crippen LogP contribution in [0.25, 0.3) is 0 Å². The van der Waals surface area contributed by atoms with Crippen molar-refractivity contribution in [2.24, 2.45) is 0 Å². The van der Waals surface area contributed by atoms with Gasteiger partial charge in [0, 0.05) is 6.08 Å². The van der Waals surface area contributed by atoms with Crippen LogP contribution in [-0.2, 0) is 9.47 Å². The van der Waals surface area contributed by atoms with Crippen LogP contribution in [0.3, 0.4) is 0 Å². The van der Waals surface area contributed by atoms with E-state index in [4.69, 9.17) is 24.9 Å². The fourth-order valence-corrected chi connectivity index (χ4v) is 1.46. The molecule has 0 amide bonds. The normalized spacial score (nSPS) is 39.2. The zero-order valence-electron chi connectivity index (χ0n) is 7.67. The molecule has 2 aliphatic heterocycles. The second kappa shape index (κ2) is 5.08. The lowest BCUT2D eigenvalue weighted by molar-refractivity contribution is 0.00205. The average molecular weight is 199 g/mol. The third-order valence-corrected chi connectivity index (χ3v) is 2.09. The van der Waals surface area contributed by atoms with Gasteiger partial charge in [-0.05, 0) is 0 Å². The minimum atomic E-state index is -0.554. The van der Waals surface area contributed by atoms with E-state index in [1.807, 2.05) is 0 Å². The molecule has 0 aromatic rings. The minimum absolute atomic E-state index is 0.284. The van der Waals surface area contributed by atoms with Crippen molar-refractivity contribution < 1.29 is 19.7 Å². The van der Waals surface area contributed by atoms with Crippen LogP contribution in [0.5, 0.6) is 0 Å². The largest absolute Gasteiger partial charge is 0.388 e. The lowest BCUT2D eigenvalue weighted by atomic mass is 10.1. The van der Waals surface area contributed by atoms with Crippen LogP contribution in [-0.4, -0.2) is 47.8 Å². The summed E-state index contributed by atoms with van der Waals surface area (Å²) in [5, 5.41) is 25.8. The molecule has 2 aliphatic rings. The quantitative estimate of drug-likeness (QED) is 0.499. The van der Waals surface area contributed by atoms with Gasteiger partial charge in [-0.1, -0.05) is 6.58 Å². The van der Waals surface area contributed by atoms with Gasteiger partial charge in [0.05, 0.1) is 19.3 Å². The van der Waals surface area contributed by atoms with Crippen molar-refractivity contribution in [3.63, 3.8) is 0 Å². The number of nitrogens with zero attached hydrogens (tertiary/aromatic N) is 1. The topological polar surface area (TPSA) is 82.7 Å². The first-order valence-electron chi connectivity index (χ1n) is 4.30. The molecule has 0 radical (unpaired) electrons. The molecule has 0 aliphatic carbocycles. The predicted molar refractivity (Wildman–Crippen MR) is 47.3 cm³/mol. The highest BCUT2D eigenvalue weighted by Gasteiger charge is 2.46. The van der Waals surface area contributed by atoms with Gasteiger partial charge in [0.25, 0.3) is 0 Å². The SMILES string of the molecule is C=CC#N.O[C@@H]1CO[C@H]2[C@@H]1OC[C@@H]2O. The van der Waals surface area contributed by atoms with E-state index >= 15 is 0 Å². The van der Waals surface area contributed by atoms with Crippen molar-refractivity contribution in [3.8, 4) is 6.07 Å². The molecule has 2 saturated heterocycles. The fourth-order valence-electron chi connectivity index (χ4n) is 1.46. The summed E-state index contributed by atoms with van der Waals surface area (Å²) in [6.45, 7) is 3.69. The minimum Gasteiger partial charge on any atom is -0.388 e.